The fourth-order valence-electron chi connectivity index (χ4n) is 2.66. The summed E-state index contributed by atoms with van der Waals surface area (Å²) in [6, 6.07) is 8.62. The van der Waals surface area contributed by atoms with E-state index < -0.39 is 11.6 Å². The second-order valence-corrected chi connectivity index (χ2v) is 5.62. The van der Waals surface area contributed by atoms with Crippen LogP contribution >= 0.6 is 0 Å². The summed E-state index contributed by atoms with van der Waals surface area (Å²) < 4.78 is 26.7. The highest BCUT2D eigenvalue weighted by molar-refractivity contribution is 5.82. The van der Waals surface area contributed by atoms with Crippen molar-refractivity contribution in [2.75, 3.05) is 24.5 Å². The predicted octanol–water partition coefficient (Wildman–Crippen LogP) is 1.70. The fourth-order valence-corrected chi connectivity index (χ4v) is 2.66. The van der Waals surface area contributed by atoms with Gasteiger partial charge in [0.05, 0.1) is 18.8 Å². The maximum absolute atomic E-state index is 13.7. The summed E-state index contributed by atoms with van der Waals surface area (Å²) in [5.41, 5.74) is 0.828. The summed E-state index contributed by atoms with van der Waals surface area (Å²) in [5.74, 6) is -0.812. The van der Waals surface area contributed by atoms with Crippen molar-refractivity contribution in [2.45, 2.75) is 13.2 Å². The minimum Gasteiger partial charge on any atom is -0.390 e. The van der Waals surface area contributed by atoms with Gasteiger partial charge < -0.3 is 14.9 Å². The molecule has 0 bridgehead atoms. The monoisotopic (exact) mass is 333 g/mol. The second-order valence-electron chi connectivity index (χ2n) is 5.62. The highest BCUT2D eigenvalue weighted by Gasteiger charge is 2.25. The van der Waals surface area contributed by atoms with Crippen LogP contribution in [0.25, 0.3) is 0 Å². The van der Waals surface area contributed by atoms with Crippen LogP contribution in [0, 0.1) is 11.6 Å². The van der Waals surface area contributed by atoms with E-state index >= 15 is 0 Å². The second kappa shape index (κ2) is 6.92. The largest absolute Gasteiger partial charge is 0.390 e. The first-order valence-corrected chi connectivity index (χ1v) is 7.60. The van der Waals surface area contributed by atoms with Crippen LogP contribution in [-0.2, 0) is 17.9 Å². The number of rotatable bonds is 4. The molecular formula is C17H17F2N3O2. The lowest BCUT2D eigenvalue weighted by atomic mass is 10.1. The maximum atomic E-state index is 13.7. The Morgan fingerprint density at radius 3 is 2.71 bits per heavy atom. The van der Waals surface area contributed by atoms with Crippen LogP contribution in [0.15, 0.2) is 36.4 Å². The lowest BCUT2D eigenvalue weighted by molar-refractivity contribution is -0.131. The number of carbonyl (C=O) groups is 1. The minimum atomic E-state index is -0.650. The molecule has 0 unspecified atom stereocenters. The molecule has 7 heteroatoms. The molecule has 2 aromatic rings. The molecule has 1 amide bonds. The maximum Gasteiger partial charge on any atom is 0.242 e. The number of benzene rings is 1. The zero-order valence-corrected chi connectivity index (χ0v) is 13.0. The average molecular weight is 333 g/mol. The number of pyridine rings is 1. The van der Waals surface area contributed by atoms with Gasteiger partial charge in [-0.25, -0.2) is 13.8 Å². The third-order valence-electron chi connectivity index (χ3n) is 3.97. The van der Waals surface area contributed by atoms with Crippen molar-refractivity contribution in [1.82, 2.24) is 9.88 Å². The molecular weight excluding hydrogens is 316 g/mol. The van der Waals surface area contributed by atoms with Gasteiger partial charge in [-0.05, 0) is 18.2 Å². The molecule has 1 fully saturated rings. The van der Waals surface area contributed by atoms with Crippen molar-refractivity contribution in [1.29, 1.82) is 0 Å². The zero-order chi connectivity index (χ0) is 17.1. The molecule has 126 valence electrons. The lowest BCUT2D eigenvalue weighted by Gasteiger charge is -2.35. The molecule has 5 nitrogen and oxygen atoms in total. The standard InChI is InChI=1S/C17H17F2N3O2/c18-13-5-4-12(15(19)8-13)9-22-7-6-21(10-17(22)24)16-3-1-2-14(11-23)20-16/h1-5,8,23H,6-7,9-11H2. The topological polar surface area (TPSA) is 56.7 Å². The first-order valence-electron chi connectivity index (χ1n) is 7.60. The Kier molecular flexibility index (Phi) is 4.71. The Morgan fingerprint density at radius 2 is 2.00 bits per heavy atom. The molecule has 2 heterocycles. The van der Waals surface area contributed by atoms with Crippen molar-refractivity contribution in [3.8, 4) is 0 Å². The number of nitrogens with zero attached hydrogens (tertiary/aromatic N) is 3. The van der Waals surface area contributed by atoms with E-state index in [0.717, 1.165) is 6.07 Å². The molecule has 1 aliphatic rings. The number of aromatic nitrogens is 1. The van der Waals surface area contributed by atoms with Gasteiger partial charge in [-0.15, -0.1) is 0 Å². The number of hydrogen-bond acceptors (Lipinski definition) is 4. The van der Waals surface area contributed by atoms with Gasteiger partial charge in [0.2, 0.25) is 5.91 Å². The van der Waals surface area contributed by atoms with E-state index in [1.54, 1.807) is 23.1 Å². The summed E-state index contributed by atoms with van der Waals surface area (Å²) in [7, 11) is 0. The number of piperazine rings is 1. The number of anilines is 1. The summed E-state index contributed by atoms with van der Waals surface area (Å²) in [6.45, 7) is 1.05. The minimum absolute atomic E-state index is 0.114. The predicted molar refractivity (Wildman–Crippen MR) is 84.1 cm³/mol. The third-order valence-corrected chi connectivity index (χ3v) is 3.97. The first kappa shape index (κ1) is 16.3. The number of aliphatic hydroxyl groups is 1. The highest BCUT2D eigenvalue weighted by Crippen LogP contribution is 2.18. The molecule has 0 spiro atoms. The van der Waals surface area contributed by atoms with E-state index in [0.29, 0.717) is 30.2 Å². The van der Waals surface area contributed by atoms with Crippen LogP contribution in [0.4, 0.5) is 14.6 Å². The van der Waals surface area contributed by atoms with Gasteiger partial charge in [0.1, 0.15) is 17.5 Å². The van der Waals surface area contributed by atoms with Crippen LogP contribution in [0.1, 0.15) is 11.3 Å². The van der Waals surface area contributed by atoms with Crippen LogP contribution in [0.5, 0.6) is 0 Å². The van der Waals surface area contributed by atoms with E-state index in [9.17, 15) is 13.6 Å². The summed E-state index contributed by atoms with van der Waals surface area (Å²) in [6.07, 6.45) is 0. The van der Waals surface area contributed by atoms with E-state index in [4.69, 9.17) is 5.11 Å². The SMILES string of the molecule is O=C1CN(c2cccc(CO)n2)CCN1Cc1ccc(F)cc1F. The molecule has 0 aliphatic carbocycles. The van der Waals surface area contributed by atoms with Crippen molar-refractivity contribution >= 4 is 11.7 Å². The molecule has 0 saturated carbocycles. The van der Waals surface area contributed by atoms with Crippen molar-refractivity contribution in [3.05, 3.63) is 59.3 Å². The van der Waals surface area contributed by atoms with Gasteiger partial charge in [0.15, 0.2) is 0 Å². The number of amides is 1. The summed E-state index contributed by atoms with van der Waals surface area (Å²) >= 11 is 0. The molecule has 1 aromatic carbocycles. The number of aliphatic hydroxyl groups excluding tert-OH is 1. The normalized spacial score (nSPS) is 15.0. The summed E-state index contributed by atoms with van der Waals surface area (Å²) in [4.78, 5) is 20.0. The first-order chi connectivity index (χ1) is 11.6. The van der Waals surface area contributed by atoms with Gasteiger partial charge in [0, 0.05) is 31.3 Å². The van der Waals surface area contributed by atoms with Gasteiger partial charge in [-0.1, -0.05) is 12.1 Å². The molecule has 1 N–H and O–H groups in total. The molecule has 0 atom stereocenters. The van der Waals surface area contributed by atoms with Crippen LogP contribution in [0.2, 0.25) is 0 Å². The van der Waals surface area contributed by atoms with Crippen molar-refractivity contribution in [3.63, 3.8) is 0 Å². The highest BCUT2D eigenvalue weighted by atomic mass is 19.1. The number of carbonyl (C=O) groups excluding carboxylic acids is 1. The molecule has 3 rings (SSSR count). The molecule has 1 saturated heterocycles. The Balaban J connectivity index is 1.68. The zero-order valence-electron chi connectivity index (χ0n) is 13.0. The van der Waals surface area contributed by atoms with Crippen molar-refractivity contribution < 1.29 is 18.7 Å². The van der Waals surface area contributed by atoms with Gasteiger partial charge in [-0.3, -0.25) is 4.79 Å². The smallest absolute Gasteiger partial charge is 0.242 e. The van der Waals surface area contributed by atoms with E-state index in [-0.39, 0.29) is 25.6 Å². The quantitative estimate of drug-likeness (QED) is 0.925. The van der Waals surface area contributed by atoms with E-state index in [1.165, 1.54) is 12.1 Å². The molecule has 0 radical (unpaired) electrons. The summed E-state index contributed by atoms with van der Waals surface area (Å²) in [5, 5.41) is 9.15. The third kappa shape index (κ3) is 3.51. The van der Waals surface area contributed by atoms with E-state index in [2.05, 4.69) is 4.98 Å². The molecule has 1 aromatic heterocycles. The van der Waals surface area contributed by atoms with Crippen molar-refractivity contribution in [2.24, 2.45) is 0 Å². The average Bonchev–Trinajstić information content (AvgIpc) is 2.59. The van der Waals surface area contributed by atoms with Gasteiger partial charge in [-0.2, -0.15) is 0 Å². The van der Waals surface area contributed by atoms with E-state index in [1.807, 2.05) is 4.90 Å². The van der Waals surface area contributed by atoms with Crippen LogP contribution < -0.4 is 4.90 Å². The fraction of sp³-hybridized carbons (Fsp3) is 0.294. The molecule has 24 heavy (non-hydrogen) atoms. The van der Waals surface area contributed by atoms with Crippen LogP contribution in [0.3, 0.4) is 0 Å². The number of halogens is 2. The Labute approximate surface area is 138 Å². The van der Waals surface area contributed by atoms with Gasteiger partial charge in [0.25, 0.3) is 0 Å². The molecule has 1 aliphatic heterocycles. The van der Waals surface area contributed by atoms with Crippen LogP contribution in [-0.4, -0.2) is 40.5 Å². The van der Waals surface area contributed by atoms with Gasteiger partial charge >= 0.3 is 0 Å². The number of hydrogen-bond donors (Lipinski definition) is 1. The Hall–Kier alpha value is -2.54. The lowest BCUT2D eigenvalue weighted by Crippen LogP contribution is -2.50. The Bertz CT molecular complexity index is 754. The Morgan fingerprint density at radius 1 is 1.17 bits per heavy atom.